The summed E-state index contributed by atoms with van der Waals surface area (Å²) in [6.07, 6.45) is 3.85. The average Bonchev–Trinajstić information content (AvgIpc) is 3.11. The standard InChI is InChI=1S/C16H17N3S/c1-12(17)15(14-7-10-20-11-14)19-9-8-18-16(19)13-5-3-2-4-6-13/h2-12,15H,17H2,1H3. The summed E-state index contributed by atoms with van der Waals surface area (Å²) in [4.78, 5) is 4.51. The molecule has 1 aromatic carbocycles. The third kappa shape index (κ3) is 2.40. The van der Waals surface area contributed by atoms with Crippen molar-refractivity contribution >= 4 is 11.3 Å². The lowest BCUT2D eigenvalue weighted by atomic mass is 10.0. The lowest BCUT2D eigenvalue weighted by molar-refractivity contribution is 0.501. The number of imidazole rings is 1. The Kier molecular flexibility index (Phi) is 3.67. The number of aromatic nitrogens is 2. The lowest BCUT2D eigenvalue weighted by Gasteiger charge is -2.23. The maximum Gasteiger partial charge on any atom is 0.140 e. The highest BCUT2D eigenvalue weighted by atomic mass is 32.1. The largest absolute Gasteiger partial charge is 0.326 e. The second-order valence-corrected chi connectivity index (χ2v) is 5.66. The smallest absolute Gasteiger partial charge is 0.140 e. The molecule has 3 nitrogen and oxygen atoms in total. The summed E-state index contributed by atoms with van der Waals surface area (Å²) in [6.45, 7) is 2.04. The van der Waals surface area contributed by atoms with Crippen LogP contribution in [-0.2, 0) is 0 Å². The van der Waals surface area contributed by atoms with Crippen molar-refractivity contribution in [2.24, 2.45) is 5.73 Å². The molecule has 0 aliphatic heterocycles. The molecular weight excluding hydrogens is 266 g/mol. The van der Waals surface area contributed by atoms with Gasteiger partial charge in [0.1, 0.15) is 5.82 Å². The minimum absolute atomic E-state index is 0.0151. The molecule has 20 heavy (non-hydrogen) atoms. The van der Waals surface area contributed by atoms with Crippen LogP contribution in [-0.4, -0.2) is 15.6 Å². The van der Waals surface area contributed by atoms with Crippen LogP contribution in [0.15, 0.2) is 59.6 Å². The monoisotopic (exact) mass is 283 g/mol. The van der Waals surface area contributed by atoms with E-state index in [4.69, 9.17) is 5.73 Å². The molecule has 0 saturated carbocycles. The van der Waals surface area contributed by atoms with Crippen LogP contribution in [0.1, 0.15) is 18.5 Å². The molecule has 102 valence electrons. The van der Waals surface area contributed by atoms with Crippen molar-refractivity contribution in [3.05, 3.63) is 65.1 Å². The molecule has 0 bridgehead atoms. The molecule has 0 amide bonds. The fraction of sp³-hybridized carbons (Fsp3) is 0.188. The first kappa shape index (κ1) is 13.1. The van der Waals surface area contributed by atoms with E-state index < -0.39 is 0 Å². The normalized spacial score (nSPS) is 14.1. The van der Waals surface area contributed by atoms with Gasteiger partial charge in [-0.1, -0.05) is 30.3 Å². The van der Waals surface area contributed by atoms with Gasteiger partial charge in [-0.2, -0.15) is 11.3 Å². The Balaban J connectivity index is 2.08. The van der Waals surface area contributed by atoms with Crippen LogP contribution in [0.2, 0.25) is 0 Å². The average molecular weight is 283 g/mol. The summed E-state index contributed by atoms with van der Waals surface area (Å²) in [5.74, 6) is 0.958. The second-order valence-electron chi connectivity index (χ2n) is 4.88. The van der Waals surface area contributed by atoms with E-state index in [-0.39, 0.29) is 12.1 Å². The Labute approximate surface area is 122 Å². The molecule has 2 N–H and O–H groups in total. The van der Waals surface area contributed by atoms with Crippen molar-refractivity contribution < 1.29 is 0 Å². The van der Waals surface area contributed by atoms with Crippen molar-refractivity contribution in [3.63, 3.8) is 0 Å². The molecule has 2 unspecified atom stereocenters. The SMILES string of the molecule is CC(N)C(c1ccsc1)n1ccnc1-c1ccccc1. The number of rotatable bonds is 4. The summed E-state index contributed by atoms with van der Waals surface area (Å²) >= 11 is 1.69. The Morgan fingerprint density at radius 2 is 2.00 bits per heavy atom. The predicted molar refractivity (Wildman–Crippen MR) is 83.8 cm³/mol. The molecule has 0 radical (unpaired) electrons. The summed E-state index contributed by atoms with van der Waals surface area (Å²) in [5, 5.41) is 4.24. The van der Waals surface area contributed by atoms with Gasteiger partial charge in [-0.3, -0.25) is 0 Å². The van der Waals surface area contributed by atoms with Crippen LogP contribution in [0.5, 0.6) is 0 Å². The summed E-state index contributed by atoms with van der Waals surface area (Å²) in [6, 6.07) is 12.5. The summed E-state index contributed by atoms with van der Waals surface area (Å²) in [7, 11) is 0. The fourth-order valence-electron chi connectivity index (χ4n) is 2.51. The maximum atomic E-state index is 6.22. The molecule has 0 aliphatic carbocycles. The highest BCUT2D eigenvalue weighted by molar-refractivity contribution is 7.07. The first-order chi connectivity index (χ1) is 9.77. The third-order valence-electron chi connectivity index (χ3n) is 3.38. The zero-order chi connectivity index (χ0) is 13.9. The first-order valence-corrected chi connectivity index (χ1v) is 7.57. The van der Waals surface area contributed by atoms with Crippen molar-refractivity contribution in [2.45, 2.75) is 19.0 Å². The van der Waals surface area contributed by atoms with Crippen LogP contribution in [0.4, 0.5) is 0 Å². The molecule has 0 spiro atoms. The summed E-state index contributed by atoms with van der Waals surface area (Å²) in [5.41, 5.74) is 8.57. The molecule has 3 rings (SSSR count). The Hall–Kier alpha value is -1.91. The van der Waals surface area contributed by atoms with Gasteiger partial charge in [0.15, 0.2) is 0 Å². The lowest BCUT2D eigenvalue weighted by Crippen LogP contribution is -2.30. The van der Waals surface area contributed by atoms with E-state index >= 15 is 0 Å². The van der Waals surface area contributed by atoms with Crippen LogP contribution in [0, 0.1) is 0 Å². The Morgan fingerprint density at radius 3 is 2.65 bits per heavy atom. The van der Waals surface area contributed by atoms with Crippen molar-refractivity contribution in [3.8, 4) is 11.4 Å². The van der Waals surface area contributed by atoms with Gasteiger partial charge in [-0.05, 0) is 29.3 Å². The van der Waals surface area contributed by atoms with Gasteiger partial charge in [0.05, 0.1) is 6.04 Å². The number of benzene rings is 1. The zero-order valence-electron chi connectivity index (χ0n) is 11.3. The molecular formula is C16H17N3S. The Morgan fingerprint density at radius 1 is 1.20 bits per heavy atom. The van der Waals surface area contributed by atoms with Gasteiger partial charge in [0, 0.05) is 24.0 Å². The molecule has 4 heteroatoms. The van der Waals surface area contributed by atoms with Crippen LogP contribution >= 0.6 is 11.3 Å². The molecule has 2 atom stereocenters. The molecule has 2 heterocycles. The van der Waals surface area contributed by atoms with Crippen LogP contribution in [0.25, 0.3) is 11.4 Å². The van der Waals surface area contributed by atoms with E-state index in [9.17, 15) is 0 Å². The number of hydrogen-bond donors (Lipinski definition) is 1. The molecule has 2 aromatic heterocycles. The topological polar surface area (TPSA) is 43.8 Å². The number of nitrogens with two attached hydrogens (primary N) is 1. The van der Waals surface area contributed by atoms with Crippen molar-refractivity contribution in [1.82, 2.24) is 9.55 Å². The highest BCUT2D eigenvalue weighted by Crippen LogP contribution is 2.28. The van der Waals surface area contributed by atoms with Crippen molar-refractivity contribution in [1.29, 1.82) is 0 Å². The first-order valence-electron chi connectivity index (χ1n) is 6.63. The molecule has 0 aliphatic rings. The van der Waals surface area contributed by atoms with Crippen LogP contribution in [0.3, 0.4) is 0 Å². The highest BCUT2D eigenvalue weighted by Gasteiger charge is 2.21. The molecule has 0 saturated heterocycles. The van der Waals surface area contributed by atoms with E-state index in [0.29, 0.717) is 0 Å². The van der Waals surface area contributed by atoms with E-state index in [1.807, 2.05) is 37.5 Å². The van der Waals surface area contributed by atoms with Gasteiger partial charge >= 0.3 is 0 Å². The molecule has 0 fully saturated rings. The minimum atomic E-state index is 0.0151. The van der Waals surface area contributed by atoms with Gasteiger partial charge in [0.25, 0.3) is 0 Å². The number of thiophene rings is 1. The molecule has 3 aromatic rings. The maximum absolute atomic E-state index is 6.22. The summed E-state index contributed by atoms with van der Waals surface area (Å²) < 4.78 is 2.17. The predicted octanol–water partition coefficient (Wildman–Crippen LogP) is 3.55. The quantitative estimate of drug-likeness (QED) is 0.795. The zero-order valence-corrected chi connectivity index (χ0v) is 12.1. The van der Waals surface area contributed by atoms with E-state index in [0.717, 1.165) is 11.4 Å². The minimum Gasteiger partial charge on any atom is -0.326 e. The van der Waals surface area contributed by atoms with E-state index in [1.54, 1.807) is 11.3 Å². The van der Waals surface area contributed by atoms with E-state index in [2.05, 4.69) is 38.5 Å². The number of hydrogen-bond acceptors (Lipinski definition) is 3. The Bertz CT molecular complexity index is 656. The van der Waals surface area contributed by atoms with Gasteiger partial charge < -0.3 is 10.3 Å². The van der Waals surface area contributed by atoms with E-state index in [1.165, 1.54) is 5.56 Å². The van der Waals surface area contributed by atoms with Gasteiger partial charge in [-0.15, -0.1) is 0 Å². The third-order valence-corrected chi connectivity index (χ3v) is 4.08. The van der Waals surface area contributed by atoms with Gasteiger partial charge in [0.2, 0.25) is 0 Å². The van der Waals surface area contributed by atoms with Gasteiger partial charge in [-0.25, -0.2) is 4.98 Å². The van der Waals surface area contributed by atoms with Crippen LogP contribution < -0.4 is 5.73 Å². The van der Waals surface area contributed by atoms with Crippen molar-refractivity contribution in [2.75, 3.05) is 0 Å². The second kappa shape index (κ2) is 5.61. The fourth-order valence-corrected chi connectivity index (χ4v) is 3.20. The number of nitrogens with zero attached hydrogens (tertiary/aromatic N) is 2.